The third kappa shape index (κ3) is 3.25. The number of aliphatic carboxylic acids is 1. The van der Waals surface area contributed by atoms with Crippen LogP contribution in [0.25, 0.3) is 22.3 Å². The van der Waals surface area contributed by atoms with Gasteiger partial charge in [-0.05, 0) is 70.3 Å². The van der Waals surface area contributed by atoms with Crippen molar-refractivity contribution in [3.63, 3.8) is 0 Å². The van der Waals surface area contributed by atoms with E-state index < -0.39 is 12.1 Å². The third-order valence-corrected chi connectivity index (χ3v) is 3.53. The van der Waals surface area contributed by atoms with Crippen molar-refractivity contribution in [2.75, 3.05) is 0 Å². The molecule has 3 aromatic rings. The second-order valence-corrected chi connectivity index (χ2v) is 5.06. The van der Waals surface area contributed by atoms with Crippen LogP contribution >= 0.6 is 0 Å². The van der Waals surface area contributed by atoms with Gasteiger partial charge in [0.1, 0.15) is 0 Å². The minimum atomic E-state index is -1.57. The molecule has 0 fully saturated rings. The van der Waals surface area contributed by atoms with Crippen molar-refractivity contribution in [1.29, 1.82) is 0 Å². The molecule has 1 atom stereocenters. The number of hydrogen-bond donors (Lipinski definition) is 2. The first-order valence-corrected chi connectivity index (χ1v) is 7.02. The first-order chi connectivity index (χ1) is 11.1. The average molecular weight is 306 g/mol. The number of carbonyl (C=O) groups is 1. The Morgan fingerprint density at radius 3 is 1.61 bits per heavy atom. The standard InChI is InChI=1S/C18H14N2O3/c21-17(18(22)23)16-10-14(12-1-5-19-6-2-12)9-15(11-16)13-3-7-20-8-4-13/h1-11,17,21H,(H,22,23). The highest BCUT2D eigenvalue weighted by atomic mass is 16.4. The number of rotatable bonds is 4. The second-order valence-electron chi connectivity index (χ2n) is 5.06. The Bertz CT molecular complexity index is 762. The van der Waals surface area contributed by atoms with Crippen LogP contribution in [0.3, 0.4) is 0 Å². The zero-order valence-corrected chi connectivity index (χ0v) is 12.1. The highest BCUT2D eigenvalue weighted by Crippen LogP contribution is 2.30. The Morgan fingerprint density at radius 1 is 0.783 bits per heavy atom. The molecule has 0 amide bonds. The molecule has 0 saturated carbocycles. The molecule has 0 aliphatic heterocycles. The van der Waals surface area contributed by atoms with Gasteiger partial charge in [-0.3, -0.25) is 9.97 Å². The van der Waals surface area contributed by atoms with Crippen molar-refractivity contribution in [2.45, 2.75) is 6.10 Å². The van der Waals surface area contributed by atoms with Crippen LogP contribution in [0.2, 0.25) is 0 Å². The lowest BCUT2D eigenvalue weighted by Gasteiger charge is -2.12. The Hall–Kier alpha value is -3.05. The highest BCUT2D eigenvalue weighted by Gasteiger charge is 2.18. The summed E-state index contributed by atoms with van der Waals surface area (Å²) in [6, 6.07) is 12.6. The molecule has 1 unspecified atom stereocenters. The summed E-state index contributed by atoms with van der Waals surface area (Å²) >= 11 is 0. The van der Waals surface area contributed by atoms with Crippen LogP contribution in [0, 0.1) is 0 Å². The predicted molar refractivity (Wildman–Crippen MR) is 85.5 cm³/mol. The number of nitrogens with zero attached hydrogens (tertiary/aromatic N) is 2. The summed E-state index contributed by atoms with van der Waals surface area (Å²) in [7, 11) is 0. The van der Waals surface area contributed by atoms with E-state index in [4.69, 9.17) is 5.11 Å². The van der Waals surface area contributed by atoms with Crippen LogP contribution in [-0.4, -0.2) is 26.2 Å². The van der Waals surface area contributed by atoms with Gasteiger partial charge in [0.05, 0.1) is 0 Å². The summed E-state index contributed by atoms with van der Waals surface area (Å²) in [5, 5.41) is 19.0. The van der Waals surface area contributed by atoms with E-state index >= 15 is 0 Å². The monoisotopic (exact) mass is 306 g/mol. The number of benzene rings is 1. The summed E-state index contributed by atoms with van der Waals surface area (Å²) in [4.78, 5) is 19.1. The van der Waals surface area contributed by atoms with E-state index in [2.05, 4.69) is 9.97 Å². The van der Waals surface area contributed by atoms with Gasteiger partial charge in [-0.1, -0.05) is 0 Å². The van der Waals surface area contributed by atoms with Gasteiger partial charge in [0.15, 0.2) is 6.10 Å². The second kappa shape index (κ2) is 6.37. The smallest absolute Gasteiger partial charge is 0.337 e. The lowest BCUT2D eigenvalue weighted by atomic mass is 9.95. The number of carboxylic acid groups (broad SMARTS) is 1. The highest BCUT2D eigenvalue weighted by molar-refractivity contribution is 5.79. The molecule has 0 aliphatic rings. The molecule has 5 nitrogen and oxygen atoms in total. The molecule has 23 heavy (non-hydrogen) atoms. The molecule has 1 aromatic carbocycles. The average Bonchev–Trinajstić information content (AvgIpc) is 2.62. The zero-order valence-electron chi connectivity index (χ0n) is 12.1. The van der Waals surface area contributed by atoms with E-state index in [0.717, 1.165) is 22.3 Å². The normalized spacial score (nSPS) is 11.9. The molecular formula is C18H14N2O3. The van der Waals surface area contributed by atoms with E-state index in [9.17, 15) is 9.90 Å². The maximum absolute atomic E-state index is 11.1. The SMILES string of the molecule is O=C(O)C(O)c1cc(-c2ccncc2)cc(-c2ccncc2)c1. The van der Waals surface area contributed by atoms with Crippen molar-refractivity contribution in [3.8, 4) is 22.3 Å². The van der Waals surface area contributed by atoms with E-state index in [1.165, 1.54) is 0 Å². The molecule has 0 bridgehead atoms. The van der Waals surface area contributed by atoms with Crippen LogP contribution < -0.4 is 0 Å². The largest absolute Gasteiger partial charge is 0.479 e. The number of aliphatic hydroxyl groups excluding tert-OH is 1. The summed E-state index contributed by atoms with van der Waals surface area (Å²) in [5.41, 5.74) is 3.76. The first-order valence-electron chi connectivity index (χ1n) is 7.02. The van der Waals surface area contributed by atoms with Crippen molar-refractivity contribution < 1.29 is 15.0 Å². The third-order valence-electron chi connectivity index (χ3n) is 3.53. The first kappa shape index (κ1) is 14.9. The maximum Gasteiger partial charge on any atom is 0.337 e. The van der Waals surface area contributed by atoms with Gasteiger partial charge in [0.25, 0.3) is 0 Å². The van der Waals surface area contributed by atoms with Crippen LogP contribution in [0.1, 0.15) is 11.7 Å². The van der Waals surface area contributed by atoms with Crippen LogP contribution in [0.4, 0.5) is 0 Å². The molecule has 0 aliphatic carbocycles. The van der Waals surface area contributed by atoms with Gasteiger partial charge in [-0.25, -0.2) is 4.79 Å². The van der Waals surface area contributed by atoms with Crippen molar-refractivity contribution >= 4 is 5.97 Å². The van der Waals surface area contributed by atoms with Crippen molar-refractivity contribution in [3.05, 3.63) is 72.8 Å². The van der Waals surface area contributed by atoms with Gasteiger partial charge in [-0.15, -0.1) is 0 Å². The minimum Gasteiger partial charge on any atom is -0.479 e. The summed E-state index contributed by atoms with van der Waals surface area (Å²) in [6.45, 7) is 0. The van der Waals surface area contributed by atoms with E-state index in [-0.39, 0.29) is 0 Å². The maximum atomic E-state index is 11.1. The number of hydrogen-bond acceptors (Lipinski definition) is 4. The summed E-state index contributed by atoms with van der Waals surface area (Å²) in [5.74, 6) is -1.28. The van der Waals surface area contributed by atoms with E-state index in [1.54, 1.807) is 36.9 Å². The molecule has 2 aromatic heterocycles. The topological polar surface area (TPSA) is 83.3 Å². The molecular weight excluding hydrogens is 292 g/mol. The fraction of sp³-hybridized carbons (Fsp3) is 0.0556. The lowest BCUT2D eigenvalue weighted by Crippen LogP contribution is -2.10. The van der Waals surface area contributed by atoms with Gasteiger partial charge >= 0.3 is 5.97 Å². The summed E-state index contributed by atoms with van der Waals surface area (Å²) in [6.07, 6.45) is 5.10. The van der Waals surface area contributed by atoms with Crippen molar-refractivity contribution in [2.24, 2.45) is 0 Å². The van der Waals surface area contributed by atoms with E-state index in [0.29, 0.717) is 5.56 Å². The van der Waals surface area contributed by atoms with Gasteiger partial charge < -0.3 is 10.2 Å². The predicted octanol–water partition coefficient (Wildman–Crippen LogP) is 2.93. The number of aromatic nitrogens is 2. The molecule has 0 spiro atoms. The lowest BCUT2D eigenvalue weighted by molar-refractivity contribution is -0.146. The Morgan fingerprint density at radius 2 is 1.22 bits per heavy atom. The number of pyridine rings is 2. The van der Waals surface area contributed by atoms with Crippen LogP contribution in [0.5, 0.6) is 0 Å². The Labute approximate surface area is 132 Å². The van der Waals surface area contributed by atoms with Crippen molar-refractivity contribution in [1.82, 2.24) is 9.97 Å². The molecule has 2 N–H and O–H groups in total. The van der Waals surface area contributed by atoms with Crippen LogP contribution in [0.15, 0.2) is 67.3 Å². The van der Waals surface area contributed by atoms with E-state index in [1.807, 2.05) is 30.3 Å². The van der Waals surface area contributed by atoms with Crippen LogP contribution in [-0.2, 0) is 4.79 Å². The van der Waals surface area contributed by atoms with Gasteiger partial charge in [0, 0.05) is 24.8 Å². The Kier molecular flexibility index (Phi) is 4.12. The molecule has 5 heteroatoms. The zero-order chi connectivity index (χ0) is 16.2. The molecule has 2 heterocycles. The summed E-state index contributed by atoms with van der Waals surface area (Å²) < 4.78 is 0. The minimum absolute atomic E-state index is 0.332. The fourth-order valence-corrected chi connectivity index (χ4v) is 2.37. The Balaban J connectivity index is 2.17. The molecule has 114 valence electrons. The number of aliphatic hydroxyl groups is 1. The molecule has 0 saturated heterocycles. The van der Waals surface area contributed by atoms with Gasteiger partial charge in [0.2, 0.25) is 0 Å². The fourth-order valence-electron chi connectivity index (χ4n) is 2.37. The van der Waals surface area contributed by atoms with Gasteiger partial charge in [-0.2, -0.15) is 0 Å². The quantitative estimate of drug-likeness (QED) is 0.774. The molecule has 0 radical (unpaired) electrons. The number of carboxylic acids is 1. The molecule has 3 rings (SSSR count).